The van der Waals surface area contributed by atoms with Crippen molar-refractivity contribution in [3.8, 4) is 0 Å². The van der Waals surface area contributed by atoms with E-state index in [1.165, 1.54) is 5.69 Å². The topological polar surface area (TPSA) is 22.0 Å². The van der Waals surface area contributed by atoms with Gasteiger partial charge >= 0.3 is 0 Å². The fourth-order valence-corrected chi connectivity index (χ4v) is 2.20. The normalized spacial score (nSPS) is 15.4. The number of fused-ring (bicyclic) bond motifs is 1. The van der Waals surface area contributed by atoms with Crippen LogP contribution in [0.4, 0.5) is 0 Å². The third-order valence-corrected chi connectivity index (χ3v) is 3.69. The minimum absolute atomic E-state index is 0.00169. The van der Waals surface area contributed by atoms with Gasteiger partial charge in [0.05, 0.1) is 0 Å². The molecule has 0 bridgehead atoms. The van der Waals surface area contributed by atoms with Crippen LogP contribution in [0.1, 0.15) is 44.9 Å². The highest BCUT2D eigenvalue weighted by Gasteiger charge is 2.24. The van der Waals surface area contributed by atoms with Crippen molar-refractivity contribution in [2.75, 3.05) is 0 Å². The van der Waals surface area contributed by atoms with Crippen molar-refractivity contribution in [2.24, 2.45) is 0 Å². The van der Waals surface area contributed by atoms with Crippen LogP contribution in [-0.4, -0.2) is 4.57 Å². The average molecular weight is 205 g/mol. The molecular weight excluding hydrogens is 186 g/mol. The summed E-state index contributed by atoms with van der Waals surface area (Å²) in [5.74, 6) is 0. The summed E-state index contributed by atoms with van der Waals surface area (Å²) in [5, 5.41) is 0. The van der Waals surface area contributed by atoms with E-state index in [0.29, 0.717) is 0 Å². The van der Waals surface area contributed by atoms with Gasteiger partial charge in [0.2, 0.25) is 0 Å². The molecule has 1 aliphatic heterocycles. The van der Waals surface area contributed by atoms with Crippen LogP contribution in [0.3, 0.4) is 0 Å². The van der Waals surface area contributed by atoms with Gasteiger partial charge < -0.3 is 4.57 Å². The lowest BCUT2D eigenvalue weighted by Crippen LogP contribution is -2.31. The third kappa shape index (κ3) is 1.62. The maximum Gasteiger partial charge on any atom is 0.254 e. The van der Waals surface area contributed by atoms with Crippen molar-refractivity contribution in [2.45, 2.75) is 52.0 Å². The van der Waals surface area contributed by atoms with Crippen LogP contribution in [0.25, 0.3) is 0 Å². The first-order valence-electron chi connectivity index (χ1n) is 5.79. The Balaban J connectivity index is 2.57. The van der Waals surface area contributed by atoms with E-state index in [2.05, 4.69) is 26.8 Å². The lowest BCUT2D eigenvalue weighted by molar-refractivity contribution is 0.493. The molecule has 0 saturated heterocycles. The van der Waals surface area contributed by atoms with Gasteiger partial charge in [0, 0.05) is 17.8 Å². The van der Waals surface area contributed by atoms with E-state index in [4.69, 9.17) is 0 Å². The van der Waals surface area contributed by atoms with Gasteiger partial charge in [0.15, 0.2) is 0 Å². The van der Waals surface area contributed by atoms with E-state index in [9.17, 15) is 4.79 Å². The standard InChI is InChI=1S/C13H19NO/c1-4-13(2,3)11-8-7-10-6-5-9-14(10)12(11)15/h7-8H,4-6,9H2,1-3H3. The number of aromatic nitrogens is 1. The van der Waals surface area contributed by atoms with Gasteiger partial charge in [-0.3, -0.25) is 4.79 Å². The van der Waals surface area contributed by atoms with Crippen LogP contribution in [0.5, 0.6) is 0 Å². The number of hydrogen-bond acceptors (Lipinski definition) is 1. The molecule has 1 aromatic rings. The van der Waals surface area contributed by atoms with Crippen LogP contribution >= 0.6 is 0 Å². The SMILES string of the molecule is CCC(C)(C)c1ccc2n(c1=O)CCC2. The minimum Gasteiger partial charge on any atom is -0.312 e. The Bertz CT molecular complexity index is 429. The molecule has 82 valence electrons. The van der Waals surface area contributed by atoms with E-state index < -0.39 is 0 Å². The fraction of sp³-hybridized carbons (Fsp3) is 0.615. The van der Waals surface area contributed by atoms with Crippen molar-refractivity contribution in [1.82, 2.24) is 4.57 Å². The van der Waals surface area contributed by atoms with Gasteiger partial charge in [-0.1, -0.05) is 26.8 Å². The molecule has 0 saturated carbocycles. The van der Waals surface area contributed by atoms with Crippen LogP contribution in [0.2, 0.25) is 0 Å². The van der Waals surface area contributed by atoms with Crippen LogP contribution in [0.15, 0.2) is 16.9 Å². The summed E-state index contributed by atoms with van der Waals surface area (Å²) in [6.07, 6.45) is 3.18. The quantitative estimate of drug-likeness (QED) is 0.727. The fourth-order valence-electron chi connectivity index (χ4n) is 2.20. The molecule has 0 spiro atoms. The van der Waals surface area contributed by atoms with Crippen molar-refractivity contribution in [3.63, 3.8) is 0 Å². The van der Waals surface area contributed by atoms with Crippen molar-refractivity contribution in [1.29, 1.82) is 0 Å². The van der Waals surface area contributed by atoms with E-state index in [0.717, 1.165) is 31.4 Å². The molecule has 0 unspecified atom stereocenters. The van der Waals surface area contributed by atoms with Gasteiger partial charge in [-0.05, 0) is 30.7 Å². The van der Waals surface area contributed by atoms with E-state index in [1.807, 2.05) is 10.6 Å². The number of nitrogens with zero attached hydrogens (tertiary/aromatic N) is 1. The summed E-state index contributed by atoms with van der Waals surface area (Å²) < 4.78 is 1.95. The van der Waals surface area contributed by atoms with E-state index in [1.54, 1.807) is 0 Å². The van der Waals surface area contributed by atoms with Crippen LogP contribution in [0, 0.1) is 0 Å². The molecule has 2 heteroatoms. The Labute approximate surface area is 90.9 Å². The molecule has 0 aromatic carbocycles. The molecule has 0 aliphatic carbocycles. The molecule has 0 fully saturated rings. The second-order valence-corrected chi connectivity index (χ2v) is 5.04. The molecule has 2 rings (SSSR count). The maximum atomic E-state index is 12.2. The first kappa shape index (κ1) is 10.5. The zero-order chi connectivity index (χ0) is 11.1. The summed E-state index contributed by atoms with van der Waals surface area (Å²) in [4.78, 5) is 12.2. The van der Waals surface area contributed by atoms with Crippen LogP contribution < -0.4 is 5.56 Å². The van der Waals surface area contributed by atoms with Crippen molar-refractivity contribution >= 4 is 0 Å². The summed E-state index contributed by atoms with van der Waals surface area (Å²) in [7, 11) is 0. The lowest BCUT2D eigenvalue weighted by atomic mass is 9.83. The van der Waals surface area contributed by atoms with Gasteiger partial charge in [0.1, 0.15) is 0 Å². The lowest BCUT2D eigenvalue weighted by Gasteiger charge is -2.23. The predicted octanol–water partition coefficient (Wildman–Crippen LogP) is 2.48. The highest BCUT2D eigenvalue weighted by molar-refractivity contribution is 5.24. The third-order valence-electron chi connectivity index (χ3n) is 3.69. The first-order valence-corrected chi connectivity index (χ1v) is 5.79. The largest absolute Gasteiger partial charge is 0.312 e. The maximum absolute atomic E-state index is 12.2. The first-order chi connectivity index (χ1) is 7.06. The Morgan fingerprint density at radius 1 is 1.40 bits per heavy atom. The Kier molecular flexibility index (Phi) is 2.45. The minimum atomic E-state index is 0.00169. The molecule has 0 atom stereocenters. The van der Waals surface area contributed by atoms with Gasteiger partial charge in [0.25, 0.3) is 5.56 Å². The molecule has 2 heterocycles. The monoisotopic (exact) mass is 205 g/mol. The van der Waals surface area contributed by atoms with Crippen molar-refractivity contribution in [3.05, 3.63) is 33.7 Å². The Hall–Kier alpha value is -1.05. The summed E-state index contributed by atoms with van der Waals surface area (Å²) in [5.41, 5.74) is 2.41. The van der Waals surface area contributed by atoms with Gasteiger partial charge in [-0.25, -0.2) is 0 Å². The molecule has 0 N–H and O–H groups in total. The number of aryl methyl sites for hydroxylation is 1. The second-order valence-electron chi connectivity index (χ2n) is 5.04. The molecule has 1 aliphatic rings. The molecule has 1 aromatic heterocycles. The zero-order valence-electron chi connectivity index (χ0n) is 9.84. The van der Waals surface area contributed by atoms with Gasteiger partial charge in [-0.15, -0.1) is 0 Å². The molecule has 0 radical (unpaired) electrons. The molecule has 15 heavy (non-hydrogen) atoms. The van der Waals surface area contributed by atoms with E-state index >= 15 is 0 Å². The highest BCUT2D eigenvalue weighted by atomic mass is 16.1. The Morgan fingerprint density at radius 2 is 2.13 bits per heavy atom. The summed E-state index contributed by atoms with van der Waals surface area (Å²) in [6.45, 7) is 7.33. The van der Waals surface area contributed by atoms with Crippen molar-refractivity contribution < 1.29 is 0 Å². The van der Waals surface area contributed by atoms with Gasteiger partial charge in [-0.2, -0.15) is 0 Å². The highest BCUT2D eigenvalue weighted by Crippen LogP contribution is 2.25. The number of rotatable bonds is 2. The zero-order valence-corrected chi connectivity index (χ0v) is 9.84. The van der Waals surface area contributed by atoms with Crippen LogP contribution in [-0.2, 0) is 18.4 Å². The van der Waals surface area contributed by atoms with E-state index in [-0.39, 0.29) is 11.0 Å². The summed E-state index contributed by atoms with van der Waals surface area (Å²) in [6, 6.07) is 4.16. The smallest absolute Gasteiger partial charge is 0.254 e. The average Bonchev–Trinajstić information content (AvgIpc) is 2.66. The Morgan fingerprint density at radius 3 is 2.80 bits per heavy atom. The molecular formula is C13H19NO. The summed E-state index contributed by atoms with van der Waals surface area (Å²) >= 11 is 0. The predicted molar refractivity (Wildman–Crippen MR) is 62.3 cm³/mol. The molecule has 0 amide bonds. The number of hydrogen-bond donors (Lipinski definition) is 0. The number of pyridine rings is 1. The second kappa shape index (κ2) is 3.51. The molecule has 2 nitrogen and oxygen atoms in total.